The molecule has 114 valence electrons. The molecule has 0 radical (unpaired) electrons. The summed E-state index contributed by atoms with van der Waals surface area (Å²) < 4.78 is 5.36. The van der Waals surface area contributed by atoms with E-state index >= 15 is 0 Å². The highest BCUT2D eigenvalue weighted by Gasteiger charge is 2.04. The van der Waals surface area contributed by atoms with Gasteiger partial charge in [-0.2, -0.15) is 5.10 Å². The van der Waals surface area contributed by atoms with Crippen LogP contribution in [0.3, 0.4) is 0 Å². The lowest BCUT2D eigenvalue weighted by Crippen LogP contribution is -2.24. The number of halogens is 2. The monoisotopic (exact) mass is 336 g/mol. The number of carbonyl (C=O) groups excluding carboxylic acids is 1. The van der Waals surface area contributed by atoms with Gasteiger partial charge < -0.3 is 4.74 Å². The first-order chi connectivity index (χ1) is 10.6. The van der Waals surface area contributed by atoms with Gasteiger partial charge in [-0.05, 0) is 36.8 Å². The summed E-state index contributed by atoms with van der Waals surface area (Å²) in [5, 5.41) is 4.74. The number of rotatable bonds is 5. The van der Waals surface area contributed by atoms with Crippen molar-refractivity contribution in [1.82, 2.24) is 5.43 Å². The largest absolute Gasteiger partial charge is 0.484 e. The predicted molar refractivity (Wildman–Crippen MR) is 88.9 cm³/mol. The predicted octanol–water partition coefficient (Wildman–Crippen LogP) is 3.83. The topological polar surface area (TPSA) is 50.7 Å². The van der Waals surface area contributed by atoms with E-state index in [1.807, 2.05) is 25.1 Å². The second-order valence-corrected chi connectivity index (χ2v) is 5.35. The zero-order chi connectivity index (χ0) is 15.9. The lowest BCUT2D eigenvalue weighted by molar-refractivity contribution is -0.123. The van der Waals surface area contributed by atoms with Gasteiger partial charge in [0.1, 0.15) is 5.75 Å². The van der Waals surface area contributed by atoms with Crippen molar-refractivity contribution < 1.29 is 9.53 Å². The van der Waals surface area contributed by atoms with Crippen LogP contribution in [0.25, 0.3) is 0 Å². The molecule has 0 atom stereocenters. The molecule has 0 aliphatic carbocycles. The Morgan fingerprint density at radius 1 is 1.23 bits per heavy atom. The molecule has 2 rings (SSSR count). The van der Waals surface area contributed by atoms with Gasteiger partial charge in [0.15, 0.2) is 6.61 Å². The van der Waals surface area contributed by atoms with E-state index in [9.17, 15) is 4.79 Å². The number of nitrogens with one attached hydrogen (secondary N) is 1. The number of hydrazone groups is 1. The molecule has 6 heteroatoms. The van der Waals surface area contributed by atoms with Gasteiger partial charge in [0.2, 0.25) is 0 Å². The number of benzene rings is 2. The highest BCUT2D eigenvalue weighted by Crippen LogP contribution is 2.21. The summed E-state index contributed by atoms with van der Waals surface area (Å²) in [7, 11) is 0. The zero-order valence-electron chi connectivity index (χ0n) is 11.8. The van der Waals surface area contributed by atoms with Gasteiger partial charge in [0, 0.05) is 5.56 Å². The maximum Gasteiger partial charge on any atom is 0.277 e. The summed E-state index contributed by atoms with van der Waals surface area (Å²) in [5.41, 5.74) is 3.97. The molecular weight excluding hydrogens is 323 g/mol. The molecule has 1 N–H and O–H groups in total. The summed E-state index contributed by atoms with van der Waals surface area (Å²) in [5.74, 6) is 0.259. The van der Waals surface area contributed by atoms with E-state index in [-0.39, 0.29) is 12.5 Å². The number of ether oxygens (including phenoxy) is 1. The van der Waals surface area contributed by atoms with Crippen LogP contribution in [-0.2, 0) is 4.79 Å². The van der Waals surface area contributed by atoms with Crippen LogP contribution >= 0.6 is 23.2 Å². The first-order valence-electron chi connectivity index (χ1n) is 6.51. The van der Waals surface area contributed by atoms with Gasteiger partial charge in [0.25, 0.3) is 5.91 Å². The Kier molecular flexibility index (Phi) is 5.81. The first kappa shape index (κ1) is 16.3. The van der Waals surface area contributed by atoms with Crippen molar-refractivity contribution in [3.63, 3.8) is 0 Å². The molecule has 4 nitrogen and oxygen atoms in total. The average molecular weight is 337 g/mol. The molecule has 0 saturated carbocycles. The number of aryl methyl sites for hydroxylation is 1. The van der Waals surface area contributed by atoms with Crippen LogP contribution in [-0.4, -0.2) is 18.7 Å². The highest BCUT2D eigenvalue weighted by molar-refractivity contribution is 6.38. The normalized spacial score (nSPS) is 10.7. The summed E-state index contributed by atoms with van der Waals surface area (Å²) in [4.78, 5) is 11.6. The van der Waals surface area contributed by atoms with Crippen LogP contribution in [0.1, 0.15) is 11.1 Å². The van der Waals surface area contributed by atoms with E-state index in [0.29, 0.717) is 21.4 Å². The molecule has 0 spiro atoms. The first-order valence-corrected chi connectivity index (χ1v) is 7.27. The third-order valence-electron chi connectivity index (χ3n) is 2.74. The van der Waals surface area contributed by atoms with E-state index in [1.165, 1.54) is 6.21 Å². The van der Waals surface area contributed by atoms with Crippen LogP contribution in [0.5, 0.6) is 5.75 Å². The second kappa shape index (κ2) is 7.82. The summed E-state index contributed by atoms with van der Waals surface area (Å²) in [6, 6.07) is 12.6. The lowest BCUT2D eigenvalue weighted by Gasteiger charge is -2.05. The fourth-order valence-electron chi connectivity index (χ4n) is 1.69. The third-order valence-corrected chi connectivity index (χ3v) is 3.40. The van der Waals surface area contributed by atoms with E-state index in [0.717, 1.165) is 5.56 Å². The Morgan fingerprint density at radius 2 is 1.91 bits per heavy atom. The molecule has 0 aromatic heterocycles. The van der Waals surface area contributed by atoms with Crippen LogP contribution in [0.15, 0.2) is 47.6 Å². The molecule has 0 bridgehead atoms. The number of hydrogen-bond donors (Lipinski definition) is 1. The Hall–Kier alpha value is -2.04. The van der Waals surface area contributed by atoms with Crippen molar-refractivity contribution in [2.24, 2.45) is 5.10 Å². The number of carbonyl (C=O) groups is 1. The smallest absolute Gasteiger partial charge is 0.277 e. The molecular formula is C16H14Cl2N2O2. The highest BCUT2D eigenvalue weighted by atomic mass is 35.5. The van der Waals surface area contributed by atoms with Crippen LogP contribution in [0, 0.1) is 6.92 Å². The van der Waals surface area contributed by atoms with E-state index < -0.39 is 0 Å². The van der Waals surface area contributed by atoms with Crippen molar-refractivity contribution in [3.8, 4) is 5.75 Å². The molecule has 22 heavy (non-hydrogen) atoms. The van der Waals surface area contributed by atoms with Gasteiger partial charge in [-0.1, -0.05) is 41.4 Å². The molecule has 2 aromatic rings. The average Bonchev–Trinajstić information content (AvgIpc) is 2.48. The zero-order valence-corrected chi connectivity index (χ0v) is 13.4. The quantitative estimate of drug-likeness (QED) is 0.666. The summed E-state index contributed by atoms with van der Waals surface area (Å²) >= 11 is 12.0. The van der Waals surface area contributed by atoms with Crippen molar-refractivity contribution in [2.75, 3.05) is 6.61 Å². The Morgan fingerprint density at radius 3 is 2.59 bits per heavy atom. The SMILES string of the molecule is Cc1cccc(OCC(=O)NN=Cc2c(Cl)cccc2Cl)c1. The number of amides is 1. The molecule has 0 aliphatic rings. The molecule has 0 heterocycles. The van der Waals surface area contributed by atoms with Gasteiger partial charge in [-0.3, -0.25) is 4.79 Å². The van der Waals surface area contributed by atoms with E-state index in [4.69, 9.17) is 27.9 Å². The Bertz CT molecular complexity index is 682. The molecule has 0 unspecified atom stereocenters. The molecule has 0 aliphatic heterocycles. The summed E-state index contributed by atoms with van der Waals surface area (Å²) in [6.07, 6.45) is 1.40. The van der Waals surface area contributed by atoms with Crippen LogP contribution in [0.4, 0.5) is 0 Å². The minimum Gasteiger partial charge on any atom is -0.484 e. The van der Waals surface area contributed by atoms with Gasteiger partial charge in [-0.25, -0.2) is 5.43 Å². The maximum absolute atomic E-state index is 11.6. The van der Waals surface area contributed by atoms with Crippen LogP contribution < -0.4 is 10.2 Å². The molecule has 2 aromatic carbocycles. The van der Waals surface area contributed by atoms with E-state index in [1.54, 1.807) is 24.3 Å². The second-order valence-electron chi connectivity index (χ2n) is 4.53. The van der Waals surface area contributed by atoms with Gasteiger partial charge in [-0.15, -0.1) is 0 Å². The lowest BCUT2D eigenvalue weighted by atomic mass is 10.2. The van der Waals surface area contributed by atoms with Crippen molar-refractivity contribution in [1.29, 1.82) is 0 Å². The van der Waals surface area contributed by atoms with Crippen LogP contribution in [0.2, 0.25) is 10.0 Å². The van der Waals surface area contributed by atoms with Gasteiger partial charge >= 0.3 is 0 Å². The minimum absolute atomic E-state index is 0.128. The van der Waals surface area contributed by atoms with Crippen molar-refractivity contribution >= 4 is 35.3 Å². The maximum atomic E-state index is 11.6. The Labute approximate surface area is 138 Å². The molecule has 0 saturated heterocycles. The van der Waals surface area contributed by atoms with Crippen molar-refractivity contribution in [2.45, 2.75) is 6.92 Å². The fourth-order valence-corrected chi connectivity index (χ4v) is 2.18. The molecule has 1 amide bonds. The number of hydrogen-bond acceptors (Lipinski definition) is 3. The number of nitrogens with zero attached hydrogens (tertiary/aromatic N) is 1. The Balaban J connectivity index is 1.86. The fraction of sp³-hybridized carbons (Fsp3) is 0.125. The standard InChI is InChI=1S/C16H14Cl2N2O2/c1-11-4-2-5-12(8-11)22-10-16(21)20-19-9-13-14(17)6-3-7-15(13)18/h2-9H,10H2,1H3,(H,20,21). The summed E-state index contributed by atoms with van der Waals surface area (Å²) in [6.45, 7) is 1.82. The van der Waals surface area contributed by atoms with Gasteiger partial charge in [0.05, 0.1) is 16.3 Å². The minimum atomic E-state index is -0.374. The van der Waals surface area contributed by atoms with E-state index in [2.05, 4.69) is 10.5 Å². The van der Waals surface area contributed by atoms with Crippen molar-refractivity contribution in [3.05, 3.63) is 63.6 Å². The third kappa shape index (κ3) is 4.76. The molecule has 0 fully saturated rings.